The van der Waals surface area contributed by atoms with Crippen LogP contribution in [0, 0.1) is 5.82 Å². The quantitative estimate of drug-likeness (QED) is 0.721. The molecule has 6 nitrogen and oxygen atoms in total. The summed E-state index contributed by atoms with van der Waals surface area (Å²) in [6.45, 7) is 3.93. The van der Waals surface area contributed by atoms with Crippen LogP contribution in [-0.2, 0) is 0 Å². The highest BCUT2D eigenvalue weighted by molar-refractivity contribution is 5.34. The summed E-state index contributed by atoms with van der Waals surface area (Å²) in [5.41, 5.74) is 2.64. The van der Waals surface area contributed by atoms with Crippen molar-refractivity contribution in [2.45, 2.75) is 32.0 Å². The number of aliphatic hydroxyl groups excluding tert-OH is 1. The van der Waals surface area contributed by atoms with E-state index < -0.39 is 6.10 Å². The van der Waals surface area contributed by atoms with E-state index in [4.69, 9.17) is 0 Å². The van der Waals surface area contributed by atoms with Gasteiger partial charge < -0.3 is 10.4 Å². The van der Waals surface area contributed by atoms with E-state index in [1.807, 2.05) is 38.1 Å². The largest absolute Gasteiger partial charge is 0.387 e. The standard InChI is InChI=1S/C18H20FN5O/c1-12(14-5-9-17(10-6-14)24-11-20-22-23-24)21-13(2)18(25)15-3-7-16(19)8-4-15/h3-13,18,21,25H,1-2H3. The molecule has 7 heteroatoms. The van der Waals surface area contributed by atoms with Crippen LogP contribution in [-0.4, -0.2) is 31.4 Å². The first-order chi connectivity index (χ1) is 12.0. The first-order valence-electron chi connectivity index (χ1n) is 8.07. The molecule has 2 aromatic carbocycles. The highest BCUT2D eigenvalue weighted by Crippen LogP contribution is 2.21. The van der Waals surface area contributed by atoms with Gasteiger partial charge in [0.2, 0.25) is 0 Å². The van der Waals surface area contributed by atoms with Gasteiger partial charge in [0.25, 0.3) is 0 Å². The van der Waals surface area contributed by atoms with Crippen LogP contribution >= 0.6 is 0 Å². The van der Waals surface area contributed by atoms with Gasteiger partial charge in [-0.05, 0) is 59.7 Å². The number of hydrogen-bond acceptors (Lipinski definition) is 5. The Bertz CT molecular complexity index is 789. The molecule has 0 saturated heterocycles. The van der Waals surface area contributed by atoms with E-state index in [0.717, 1.165) is 11.3 Å². The van der Waals surface area contributed by atoms with E-state index in [9.17, 15) is 9.50 Å². The maximum absolute atomic E-state index is 13.0. The van der Waals surface area contributed by atoms with E-state index >= 15 is 0 Å². The van der Waals surface area contributed by atoms with E-state index in [2.05, 4.69) is 20.8 Å². The van der Waals surface area contributed by atoms with Crippen LogP contribution in [0.15, 0.2) is 54.9 Å². The molecule has 3 rings (SSSR count). The predicted octanol–water partition coefficient (Wildman–Crippen LogP) is 2.57. The lowest BCUT2D eigenvalue weighted by Gasteiger charge is -2.25. The van der Waals surface area contributed by atoms with Gasteiger partial charge in [0.05, 0.1) is 11.8 Å². The minimum absolute atomic E-state index is 0.0352. The molecular weight excluding hydrogens is 321 g/mol. The highest BCUT2D eigenvalue weighted by Gasteiger charge is 2.19. The molecule has 0 saturated carbocycles. The first kappa shape index (κ1) is 17.2. The molecular formula is C18H20FN5O. The summed E-state index contributed by atoms with van der Waals surface area (Å²) in [5.74, 6) is -0.312. The highest BCUT2D eigenvalue weighted by atomic mass is 19.1. The lowest BCUT2D eigenvalue weighted by atomic mass is 10.0. The van der Waals surface area contributed by atoms with Crippen molar-refractivity contribution in [1.29, 1.82) is 0 Å². The van der Waals surface area contributed by atoms with E-state index in [0.29, 0.717) is 5.56 Å². The lowest BCUT2D eigenvalue weighted by molar-refractivity contribution is 0.130. The summed E-state index contributed by atoms with van der Waals surface area (Å²) in [6, 6.07) is 13.6. The fraction of sp³-hybridized carbons (Fsp3) is 0.278. The molecule has 0 spiro atoms. The molecule has 0 radical (unpaired) electrons. The Morgan fingerprint density at radius 2 is 1.64 bits per heavy atom. The van der Waals surface area contributed by atoms with Gasteiger partial charge in [-0.25, -0.2) is 9.07 Å². The number of nitrogens with one attached hydrogen (secondary N) is 1. The number of aromatic nitrogens is 4. The number of hydrogen-bond donors (Lipinski definition) is 2. The second-order valence-electron chi connectivity index (χ2n) is 6.02. The second kappa shape index (κ2) is 7.50. The normalized spacial score (nSPS) is 14.9. The monoisotopic (exact) mass is 341 g/mol. The lowest BCUT2D eigenvalue weighted by Crippen LogP contribution is -2.34. The van der Waals surface area contributed by atoms with Crippen LogP contribution in [0.5, 0.6) is 0 Å². The maximum Gasteiger partial charge on any atom is 0.143 e. The van der Waals surface area contributed by atoms with Crippen molar-refractivity contribution in [2.75, 3.05) is 0 Å². The second-order valence-corrected chi connectivity index (χ2v) is 6.02. The van der Waals surface area contributed by atoms with Gasteiger partial charge in [0.1, 0.15) is 12.1 Å². The van der Waals surface area contributed by atoms with Crippen LogP contribution in [0.2, 0.25) is 0 Å². The van der Waals surface area contributed by atoms with E-state index in [1.165, 1.54) is 18.5 Å². The minimum Gasteiger partial charge on any atom is -0.387 e. The van der Waals surface area contributed by atoms with Crippen molar-refractivity contribution in [3.8, 4) is 5.69 Å². The van der Waals surface area contributed by atoms with Crippen LogP contribution in [0.25, 0.3) is 5.69 Å². The number of rotatable bonds is 6. The molecule has 0 aliphatic rings. The molecule has 0 fully saturated rings. The fourth-order valence-electron chi connectivity index (χ4n) is 2.73. The topological polar surface area (TPSA) is 75.9 Å². The number of aliphatic hydroxyl groups is 1. The van der Waals surface area contributed by atoms with Crippen LogP contribution in [0.3, 0.4) is 0 Å². The summed E-state index contributed by atoms with van der Waals surface area (Å²) < 4.78 is 14.6. The SMILES string of the molecule is CC(NC(C)C(O)c1ccc(F)cc1)c1ccc(-n2cnnn2)cc1. The Morgan fingerprint density at radius 3 is 2.24 bits per heavy atom. The summed E-state index contributed by atoms with van der Waals surface area (Å²) >= 11 is 0. The molecule has 0 aliphatic heterocycles. The molecule has 0 bridgehead atoms. The van der Waals surface area contributed by atoms with Gasteiger partial charge in [0.15, 0.2) is 0 Å². The summed E-state index contributed by atoms with van der Waals surface area (Å²) in [7, 11) is 0. The zero-order valence-electron chi connectivity index (χ0n) is 14.0. The Hall–Kier alpha value is -2.64. The summed E-state index contributed by atoms with van der Waals surface area (Å²) in [6.07, 6.45) is 0.821. The third kappa shape index (κ3) is 4.07. The number of nitrogens with zero attached hydrogens (tertiary/aromatic N) is 4. The van der Waals surface area contributed by atoms with Crippen LogP contribution in [0.1, 0.15) is 37.1 Å². The Labute approximate surface area is 145 Å². The van der Waals surface area contributed by atoms with Gasteiger partial charge in [-0.3, -0.25) is 0 Å². The van der Waals surface area contributed by atoms with Crippen molar-refractivity contribution in [3.63, 3.8) is 0 Å². The molecule has 0 aliphatic carbocycles. The van der Waals surface area contributed by atoms with Crippen molar-refractivity contribution in [3.05, 3.63) is 71.8 Å². The number of halogens is 1. The molecule has 0 amide bonds. The third-order valence-electron chi connectivity index (χ3n) is 4.20. The molecule has 25 heavy (non-hydrogen) atoms. The third-order valence-corrected chi connectivity index (χ3v) is 4.20. The van der Waals surface area contributed by atoms with Crippen LogP contribution in [0.4, 0.5) is 4.39 Å². The number of tetrazole rings is 1. The zero-order valence-corrected chi connectivity index (χ0v) is 14.0. The number of benzene rings is 2. The van der Waals surface area contributed by atoms with Crippen molar-refractivity contribution in [2.24, 2.45) is 0 Å². The fourth-order valence-corrected chi connectivity index (χ4v) is 2.73. The summed E-state index contributed by atoms with van der Waals surface area (Å²) in [4.78, 5) is 0. The van der Waals surface area contributed by atoms with Crippen molar-refractivity contribution in [1.82, 2.24) is 25.5 Å². The Morgan fingerprint density at radius 1 is 1.00 bits per heavy atom. The summed E-state index contributed by atoms with van der Waals surface area (Å²) in [5, 5.41) is 24.9. The minimum atomic E-state index is -0.719. The zero-order chi connectivity index (χ0) is 17.8. The maximum atomic E-state index is 13.0. The predicted molar refractivity (Wildman–Crippen MR) is 91.5 cm³/mol. The van der Waals surface area contributed by atoms with Gasteiger partial charge >= 0.3 is 0 Å². The van der Waals surface area contributed by atoms with Gasteiger partial charge in [-0.15, -0.1) is 5.10 Å². The first-order valence-corrected chi connectivity index (χ1v) is 8.07. The smallest absolute Gasteiger partial charge is 0.143 e. The molecule has 3 atom stereocenters. The Balaban J connectivity index is 1.64. The van der Waals surface area contributed by atoms with Crippen LogP contribution < -0.4 is 5.32 Å². The van der Waals surface area contributed by atoms with Crippen molar-refractivity contribution < 1.29 is 9.50 Å². The molecule has 2 N–H and O–H groups in total. The Kier molecular flexibility index (Phi) is 5.16. The molecule has 3 aromatic rings. The van der Waals surface area contributed by atoms with Crippen molar-refractivity contribution >= 4 is 0 Å². The molecule has 130 valence electrons. The van der Waals surface area contributed by atoms with E-state index in [1.54, 1.807) is 16.8 Å². The molecule has 1 aromatic heterocycles. The molecule has 3 unspecified atom stereocenters. The van der Waals surface area contributed by atoms with Gasteiger partial charge in [-0.2, -0.15) is 0 Å². The van der Waals surface area contributed by atoms with Gasteiger partial charge in [0, 0.05) is 12.1 Å². The van der Waals surface area contributed by atoms with Gasteiger partial charge in [-0.1, -0.05) is 24.3 Å². The average molecular weight is 341 g/mol. The average Bonchev–Trinajstić information content (AvgIpc) is 3.16. The molecule has 1 heterocycles. The van der Waals surface area contributed by atoms with E-state index in [-0.39, 0.29) is 17.9 Å².